The third-order valence-electron chi connectivity index (χ3n) is 2.63. The molecule has 1 unspecified atom stereocenters. The van der Waals surface area contributed by atoms with E-state index in [-0.39, 0.29) is 0 Å². The van der Waals surface area contributed by atoms with Gasteiger partial charge in [0.1, 0.15) is 6.67 Å². The molecule has 12 heavy (non-hydrogen) atoms. The normalized spacial score (nSPS) is 32.8. The molecule has 0 aromatic carbocycles. The minimum absolute atomic E-state index is 0.393. The summed E-state index contributed by atoms with van der Waals surface area (Å²) in [5.74, 6) is 0. The Bertz CT molecular complexity index is 149. The topological polar surface area (TPSA) is 29.3 Å². The third kappa shape index (κ3) is 2.17. The molecule has 3 heteroatoms. The first-order chi connectivity index (χ1) is 5.57. The van der Waals surface area contributed by atoms with E-state index in [9.17, 15) is 4.39 Å². The number of hydrogen-bond acceptors (Lipinski definition) is 2. The zero-order chi connectivity index (χ0) is 9.19. The van der Waals surface area contributed by atoms with Gasteiger partial charge in [-0.25, -0.2) is 4.39 Å². The van der Waals surface area contributed by atoms with Gasteiger partial charge in [0.15, 0.2) is 0 Å². The largest absolute Gasteiger partial charge is 0.322 e. The average Bonchev–Trinajstić information content (AvgIpc) is 2.05. The monoisotopic (exact) mass is 174 g/mol. The van der Waals surface area contributed by atoms with Crippen molar-refractivity contribution in [3.05, 3.63) is 0 Å². The molecule has 2 nitrogen and oxygen atoms in total. The number of piperidine rings is 1. The molecule has 0 radical (unpaired) electrons. The van der Waals surface area contributed by atoms with Crippen molar-refractivity contribution in [3.8, 4) is 0 Å². The van der Waals surface area contributed by atoms with Crippen molar-refractivity contribution < 1.29 is 4.39 Å². The molecule has 1 aliphatic heterocycles. The van der Waals surface area contributed by atoms with Crippen LogP contribution in [0.1, 0.15) is 26.7 Å². The van der Waals surface area contributed by atoms with Crippen LogP contribution in [-0.4, -0.2) is 36.2 Å². The van der Waals surface area contributed by atoms with Crippen molar-refractivity contribution in [2.75, 3.05) is 19.8 Å². The Kier molecular flexibility index (Phi) is 3.07. The molecular weight excluding hydrogens is 155 g/mol. The van der Waals surface area contributed by atoms with Gasteiger partial charge in [-0.05, 0) is 33.2 Å². The number of alkyl halides is 1. The second-order valence-corrected chi connectivity index (χ2v) is 4.16. The Morgan fingerprint density at radius 3 is 2.75 bits per heavy atom. The van der Waals surface area contributed by atoms with E-state index in [1.165, 1.54) is 0 Å². The Morgan fingerprint density at radius 1 is 1.58 bits per heavy atom. The van der Waals surface area contributed by atoms with E-state index in [4.69, 9.17) is 5.73 Å². The summed E-state index contributed by atoms with van der Waals surface area (Å²) in [5, 5.41) is 0. The van der Waals surface area contributed by atoms with Gasteiger partial charge in [0.2, 0.25) is 0 Å². The average molecular weight is 174 g/mol. The van der Waals surface area contributed by atoms with Crippen LogP contribution in [0.3, 0.4) is 0 Å². The van der Waals surface area contributed by atoms with Crippen LogP contribution >= 0.6 is 0 Å². The summed E-state index contributed by atoms with van der Waals surface area (Å²) in [6.45, 7) is 5.64. The highest BCUT2D eigenvalue weighted by Crippen LogP contribution is 2.20. The highest BCUT2D eigenvalue weighted by molar-refractivity contribution is 4.91. The molecule has 0 amide bonds. The second-order valence-electron chi connectivity index (χ2n) is 4.16. The summed E-state index contributed by atoms with van der Waals surface area (Å²) >= 11 is 0. The van der Waals surface area contributed by atoms with Gasteiger partial charge in [0.25, 0.3) is 0 Å². The number of rotatable bonds is 2. The van der Waals surface area contributed by atoms with Crippen molar-refractivity contribution in [1.29, 1.82) is 0 Å². The SMILES string of the molecule is CC(C)N1CCCC(N)(CF)C1. The van der Waals surface area contributed by atoms with Crippen molar-refractivity contribution >= 4 is 0 Å². The lowest BCUT2D eigenvalue weighted by molar-refractivity contribution is 0.102. The van der Waals surface area contributed by atoms with Gasteiger partial charge >= 0.3 is 0 Å². The maximum absolute atomic E-state index is 12.5. The lowest BCUT2D eigenvalue weighted by Gasteiger charge is -2.40. The van der Waals surface area contributed by atoms with Crippen molar-refractivity contribution in [2.24, 2.45) is 5.73 Å². The highest BCUT2D eigenvalue weighted by Gasteiger charge is 2.32. The van der Waals surface area contributed by atoms with Crippen LogP contribution in [0.5, 0.6) is 0 Å². The molecular formula is C9H19FN2. The molecule has 0 aliphatic carbocycles. The van der Waals surface area contributed by atoms with Gasteiger partial charge in [-0.3, -0.25) is 4.90 Å². The molecule has 0 spiro atoms. The smallest absolute Gasteiger partial charge is 0.109 e. The van der Waals surface area contributed by atoms with Gasteiger partial charge in [-0.15, -0.1) is 0 Å². The van der Waals surface area contributed by atoms with Crippen LogP contribution in [-0.2, 0) is 0 Å². The minimum atomic E-state index is -0.567. The predicted octanol–water partition coefficient (Wildman–Crippen LogP) is 1.16. The van der Waals surface area contributed by atoms with E-state index in [0.29, 0.717) is 12.6 Å². The Morgan fingerprint density at radius 2 is 2.25 bits per heavy atom. The first-order valence-electron chi connectivity index (χ1n) is 4.66. The van der Waals surface area contributed by atoms with Gasteiger partial charge in [-0.1, -0.05) is 0 Å². The Balaban J connectivity index is 2.51. The zero-order valence-corrected chi connectivity index (χ0v) is 8.02. The summed E-state index contributed by atoms with van der Waals surface area (Å²) in [6, 6.07) is 0.486. The fraction of sp³-hybridized carbons (Fsp3) is 1.00. The lowest BCUT2D eigenvalue weighted by Crippen LogP contribution is -2.57. The van der Waals surface area contributed by atoms with Crippen molar-refractivity contribution in [2.45, 2.75) is 38.3 Å². The van der Waals surface area contributed by atoms with E-state index in [2.05, 4.69) is 18.7 Å². The van der Waals surface area contributed by atoms with E-state index in [0.717, 1.165) is 19.4 Å². The molecule has 1 aliphatic rings. The summed E-state index contributed by atoms with van der Waals surface area (Å²) in [7, 11) is 0. The zero-order valence-electron chi connectivity index (χ0n) is 8.02. The summed E-state index contributed by atoms with van der Waals surface area (Å²) in [4.78, 5) is 2.25. The first kappa shape index (κ1) is 9.93. The van der Waals surface area contributed by atoms with E-state index >= 15 is 0 Å². The van der Waals surface area contributed by atoms with Crippen molar-refractivity contribution in [1.82, 2.24) is 4.90 Å². The summed E-state index contributed by atoms with van der Waals surface area (Å²) < 4.78 is 12.5. The molecule has 0 saturated carbocycles. The van der Waals surface area contributed by atoms with Crippen LogP contribution in [0.25, 0.3) is 0 Å². The molecule has 0 bridgehead atoms. The van der Waals surface area contributed by atoms with E-state index in [1.807, 2.05) is 0 Å². The van der Waals surface area contributed by atoms with Crippen LogP contribution in [0, 0.1) is 0 Å². The third-order valence-corrected chi connectivity index (χ3v) is 2.63. The van der Waals surface area contributed by atoms with Crippen LogP contribution in [0.2, 0.25) is 0 Å². The van der Waals surface area contributed by atoms with Gasteiger partial charge in [-0.2, -0.15) is 0 Å². The molecule has 1 fully saturated rings. The molecule has 72 valence electrons. The van der Waals surface area contributed by atoms with E-state index in [1.54, 1.807) is 0 Å². The molecule has 1 heterocycles. The number of hydrogen-bond donors (Lipinski definition) is 1. The number of nitrogens with two attached hydrogens (primary N) is 1. The number of likely N-dealkylation sites (tertiary alicyclic amines) is 1. The Labute approximate surface area is 73.9 Å². The second kappa shape index (κ2) is 3.71. The molecule has 1 atom stereocenters. The molecule has 2 N–H and O–H groups in total. The summed E-state index contributed by atoms with van der Waals surface area (Å²) in [6.07, 6.45) is 1.85. The van der Waals surface area contributed by atoms with Gasteiger partial charge in [0.05, 0.1) is 5.54 Å². The van der Waals surface area contributed by atoms with Crippen molar-refractivity contribution in [3.63, 3.8) is 0 Å². The fourth-order valence-electron chi connectivity index (χ4n) is 1.75. The maximum Gasteiger partial charge on any atom is 0.109 e. The standard InChI is InChI=1S/C9H19FN2/c1-8(2)12-5-3-4-9(11,6-10)7-12/h8H,3-7,11H2,1-2H3. The molecule has 0 aromatic heterocycles. The molecule has 0 aromatic rings. The maximum atomic E-state index is 12.5. The number of nitrogens with zero attached hydrogens (tertiary/aromatic N) is 1. The fourth-order valence-corrected chi connectivity index (χ4v) is 1.75. The predicted molar refractivity (Wildman–Crippen MR) is 48.8 cm³/mol. The number of halogens is 1. The first-order valence-corrected chi connectivity index (χ1v) is 4.66. The quantitative estimate of drug-likeness (QED) is 0.680. The molecule has 1 saturated heterocycles. The molecule has 1 rings (SSSR count). The lowest BCUT2D eigenvalue weighted by atomic mass is 9.91. The highest BCUT2D eigenvalue weighted by atomic mass is 19.1. The Hall–Kier alpha value is -0.150. The minimum Gasteiger partial charge on any atom is -0.322 e. The van der Waals surface area contributed by atoms with Gasteiger partial charge in [0, 0.05) is 12.6 Å². The van der Waals surface area contributed by atoms with Crippen LogP contribution < -0.4 is 5.73 Å². The van der Waals surface area contributed by atoms with Crippen LogP contribution in [0.15, 0.2) is 0 Å². The van der Waals surface area contributed by atoms with Gasteiger partial charge < -0.3 is 5.73 Å². The summed E-state index contributed by atoms with van der Waals surface area (Å²) in [5.41, 5.74) is 5.30. The van der Waals surface area contributed by atoms with Crippen LogP contribution in [0.4, 0.5) is 4.39 Å². The van der Waals surface area contributed by atoms with E-state index < -0.39 is 12.2 Å².